The van der Waals surface area contributed by atoms with Crippen molar-refractivity contribution in [2.45, 2.75) is 20.0 Å². The highest BCUT2D eigenvalue weighted by Gasteiger charge is 2.02. The molecule has 1 rings (SSSR count). The first kappa shape index (κ1) is 12.9. The Morgan fingerprint density at radius 3 is 3.00 bits per heavy atom. The van der Waals surface area contributed by atoms with Crippen LogP contribution in [0.25, 0.3) is 0 Å². The van der Waals surface area contributed by atoms with Crippen molar-refractivity contribution in [3.63, 3.8) is 0 Å². The average molecular weight is 242 g/mol. The lowest BCUT2D eigenvalue weighted by atomic mass is 10.4. The van der Waals surface area contributed by atoms with Crippen molar-refractivity contribution in [2.24, 2.45) is 0 Å². The molecule has 1 N–H and O–H groups in total. The predicted octanol–water partition coefficient (Wildman–Crippen LogP) is 2.65. The number of nitrogens with one attached hydrogen (secondary N) is 1. The minimum atomic E-state index is 0.365. The fraction of sp³-hybridized carbons (Fsp3) is 0.455. The second-order valence-electron chi connectivity index (χ2n) is 3.21. The van der Waals surface area contributed by atoms with Gasteiger partial charge in [0, 0.05) is 19.7 Å². The Labute approximate surface area is 101 Å². The third-order valence-electron chi connectivity index (χ3n) is 1.87. The molecule has 0 saturated heterocycles. The quantitative estimate of drug-likeness (QED) is 0.473. The second-order valence-corrected chi connectivity index (χ2v) is 3.60. The fourth-order valence-corrected chi connectivity index (χ4v) is 1.40. The van der Waals surface area contributed by atoms with Gasteiger partial charge in [0.25, 0.3) is 0 Å². The molecule has 1 heterocycles. The minimum Gasteiger partial charge on any atom is -0.377 e. The zero-order valence-corrected chi connectivity index (χ0v) is 10.3. The van der Waals surface area contributed by atoms with Crippen LogP contribution in [0.3, 0.4) is 0 Å². The largest absolute Gasteiger partial charge is 0.377 e. The zero-order valence-electron chi connectivity index (χ0n) is 9.53. The average Bonchev–Trinajstić information content (AvgIpc) is 2.24. The van der Waals surface area contributed by atoms with Crippen LogP contribution < -0.4 is 5.32 Å². The van der Waals surface area contributed by atoms with E-state index in [0.717, 1.165) is 18.8 Å². The van der Waals surface area contributed by atoms with Crippen LogP contribution in [0.15, 0.2) is 18.2 Å². The van der Waals surface area contributed by atoms with Gasteiger partial charge in [0.05, 0.1) is 0 Å². The van der Waals surface area contributed by atoms with Crippen LogP contribution >= 0.6 is 11.6 Å². The molecule has 88 valence electrons. The number of allylic oxidation sites excluding steroid dienone is 1. The molecule has 5 heteroatoms. The van der Waals surface area contributed by atoms with Crippen LogP contribution in [-0.2, 0) is 11.3 Å². The maximum absolute atomic E-state index is 5.87. The molecule has 0 saturated carbocycles. The number of aromatic nitrogens is 2. The van der Waals surface area contributed by atoms with Crippen LogP contribution in [-0.4, -0.2) is 23.6 Å². The van der Waals surface area contributed by atoms with E-state index in [1.54, 1.807) is 13.2 Å². The van der Waals surface area contributed by atoms with Gasteiger partial charge in [0.1, 0.15) is 17.6 Å². The third-order valence-corrected chi connectivity index (χ3v) is 2.06. The predicted molar refractivity (Wildman–Crippen MR) is 65.7 cm³/mol. The van der Waals surface area contributed by atoms with Gasteiger partial charge in [-0.2, -0.15) is 0 Å². The van der Waals surface area contributed by atoms with Gasteiger partial charge in [-0.25, -0.2) is 9.97 Å². The minimum absolute atomic E-state index is 0.365. The first-order valence-electron chi connectivity index (χ1n) is 5.13. The van der Waals surface area contributed by atoms with E-state index in [-0.39, 0.29) is 0 Å². The summed E-state index contributed by atoms with van der Waals surface area (Å²) in [5.41, 5.74) is 0. The second kappa shape index (κ2) is 7.19. The Balaban J connectivity index is 2.57. The van der Waals surface area contributed by atoms with E-state index in [2.05, 4.69) is 21.4 Å². The SMILES string of the molecule is C/C=C/CCNc1cc(Cl)nc(COC)n1. The molecule has 0 atom stereocenters. The molecular formula is C11H16ClN3O. The third kappa shape index (κ3) is 4.59. The number of ether oxygens (including phenoxy) is 1. The van der Waals surface area contributed by atoms with Gasteiger partial charge in [-0.05, 0) is 13.3 Å². The van der Waals surface area contributed by atoms with E-state index in [1.165, 1.54) is 0 Å². The normalized spacial score (nSPS) is 10.9. The molecule has 0 spiro atoms. The highest BCUT2D eigenvalue weighted by Crippen LogP contribution is 2.11. The number of anilines is 1. The molecule has 0 aromatic carbocycles. The van der Waals surface area contributed by atoms with E-state index in [9.17, 15) is 0 Å². The van der Waals surface area contributed by atoms with Gasteiger partial charge in [0.15, 0.2) is 5.82 Å². The number of hydrogen-bond acceptors (Lipinski definition) is 4. The highest BCUT2D eigenvalue weighted by molar-refractivity contribution is 6.29. The standard InChI is InChI=1S/C11H16ClN3O/c1-3-4-5-6-13-10-7-9(12)14-11(15-10)8-16-2/h3-4,7H,5-6,8H2,1-2H3,(H,13,14,15)/b4-3+. The summed E-state index contributed by atoms with van der Waals surface area (Å²) < 4.78 is 4.96. The smallest absolute Gasteiger partial charge is 0.158 e. The van der Waals surface area contributed by atoms with Gasteiger partial charge in [-0.15, -0.1) is 0 Å². The Kier molecular flexibility index (Phi) is 5.82. The van der Waals surface area contributed by atoms with Crippen molar-refractivity contribution in [1.29, 1.82) is 0 Å². The van der Waals surface area contributed by atoms with Crippen LogP contribution in [0.2, 0.25) is 5.15 Å². The monoisotopic (exact) mass is 241 g/mol. The van der Waals surface area contributed by atoms with Gasteiger partial charge in [0.2, 0.25) is 0 Å². The van der Waals surface area contributed by atoms with Gasteiger partial charge < -0.3 is 10.1 Å². The molecule has 0 bridgehead atoms. The number of rotatable bonds is 6. The number of nitrogens with zero attached hydrogens (tertiary/aromatic N) is 2. The van der Waals surface area contributed by atoms with Gasteiger partial charge in [-0.1, -0.05) is 23.8 Å². The number of hydrogen-bond donors (Lipinski definition) is 1. The van der Waals surface area contributed by atoms with Crippen molar-refractivity contribution in [3.05, 3.63) is 29.2 Å². The summed E-state index contributed by atoms with van der Waals surface area (Å²) in [6, 6.07) is 1.70. The molecule has 16 heavy (non-hydrogen) atoms. The zero-order chi connectivity index (χ0) is 11.8. The molecular weight excluding hydrogens is 226 g/mol. The van der Waals surface area contributed by atoms with Crippen LogP contribution in [0.5, 0.6) is 0 Å². The van der Waals surface area contributed by atoms with Crippen LogP contribution in [0.1, 0.15) is 19.2 Å². The van der Waals surface area contributed by atoms with Crippen molar-refractivity contribution >= 4 is 17.4 Å². The lowest BCUT2D eigenvalue weighted by Crippen LogP contribution is -2.06. The van der Waals surface area contributed by atoms with E-state index < -0.39 is 0 Å². The number of halogens is 1. The molecule has 0 unspecified atom stereocenters. The molecule has 0 aliphatic rings. The van der Waals surface area contributed by atoms with Crippen LogP contribution in [0, 0.1) is 0 Å². The van der Waals surface area contributed by atoms with Crippen molar-refractivity contribution < 1.29 is 4.74 Å². The van der Waals surface area contributed by atoms with Crippen molar-refractivity contribution in [2.75, 3.05) is 19.0 Å². The summed E-state index contributed by atoms with van der Waals surface area (Å²) in [7, 11) is 1.60. The van der Waals surface area contributed by atoms with E-state index >= 15 is 0 Å². The Bertz CT molecular complexity index is 355. The van der Waals surface area contributed by atoms with Crippen LogP contribution in [0.4, 0.5) is 5.82 Å². The molecule has 0 amide bonds. The maximum Gasteiger partial charge on any atom is 0.158 e. The van der Waals surface area contributed by atoms with Gasteiger partial charge >= 0.3 is 0 Å². The lowest BCUT2D eigenvalue weighted by Gasteiger charge is -2.06. The molecule has 0 aliphatic carbocycles. The fourth-order valence-electron chi connectivity index (χ4n) is 1.20. The van der Waals surface area contributed by atoms with E-state index in [0.29, 0.717) is 17.6 Å². The molecule has 0 fully saturated rings. The maximum atomic E-state index is 5.87. The Morgan fingerprint density at radius 1 is 1.50 bits per heavy atom. The summed E-state index contributed by atoms with van der Waals surface area (Å²) in [6.07, 6.45) is 5.06. The molecule has 0 aliphatic heterocycles. The summed E-state index contributed by atoms with van der Waals surface area (Å²) in [6.45, 7) is 3.19. The Hall–Kier alpha value is -1.13. The topological polar surface area (TPSA) is 47.0 Å². The molecule has 0 radical (unpaired) electrons. The lowest BCUT2D eigenvalue weighted by molar-refractivity contribution is 0.178. The number of methoxy groups -OCH3 is 1. The summed E-state index contributed by atoms with van der Waals surface area (Å²) in [5.74, 6) is 1.32. The summed E-state index contributed by atoms with van der Waals surface area (Å²) in [5, 5.41) is 3.60. The van der Waals surface area contributed by atoms with Crippen molar-refractivity contribution in [3.8, 4) is 0 Å². The molecule has 1 aromatic rings. The first-order chi connectivity index (χ1) is 7.76. The summed E-state index contributed by atoms with van der Waals surface area (Å²) >= 11 is 5.87. The highest BCUT2D eigenvalue weighted by atomic mass is 35.5. The molecule has 4 nitrogen and oxygen atoms in total. The first-order valence-corrected chi connectivity index (χ1v) is 5.51. The van der Waals surface area contributed by atoms with Crippen molar-refractivity contribution in [1.82, 2.24) is 9.97 Å². The van der Waals surface area contributed by atoms with E-state index in [1.807, 2.05) is 13.0 Å². The van der Waals surface area contributed by atoms with Gasteiger partial charge in [-0.3, -0.25) is 0 Å². The molecule has 1 aromatic heterocycles. The van der Waals surface area contributed by atoms with E-state index in [4.69, 9.17) is 16.3 Å². The Morgan fingerprint density at radius 2 is 2.31 bits per heavy atom. The summed E-state index contributed by atoms with van der Waals surface area (Å²) in [4.78, 5) is 8.31.